The minimum atomic E-state index is -4.99. The van der Waals surface area contributed by atoms with Gasteiger partial charge in [-0.2, -0.15) is 9.40 Å². The number of alkyl halides is 3. The second kappa shape index (κ2) is 9.98. The molecule has 0 saturated carbocycles. The van der Waals surface area contributed by atoms with E-state index in [1.54, 1.807) is 12.3 Å². The molecular formula is C19H22F4N4O4S. The lowest BCUT2D eigenvalue weighted by molar-refractivity contribution is -0.275. The van der Waals surface area contributed by atoms with Gasteiger partial charge in [-0.3, -0.25) is 10.00 Å². The van der Waals surface area contributed by atoms with Crippen LogP contribution in [-0.2, 0) is 27.9 Å². The molecule has 1 aromatic heterocycles. The van der Waals surface area contributed by atoms with Gasteiger partial charge in [0.15, 0.2) is 11.6 Å². The number of ether oxygens (including phenoxy) is 2. The highest BCUT2D eigenvalue weighted by Gasteiger charge is 2.34. The number of H-pyrrole nitrogens is 1. The zero-order chi connectivity index (χ0) is 23.4. The van der Waals surface area contributed by atoms with Crippen molar-refractivity contribution < 1.29 is 35.5 Å². The Kier molecular flexibility index (Phi) is 7.54. The van der Waals surface area contributed by atoms with Gasteiger partial charge in [-0.25, -0.2) is 12.8 Å². The highest BCUT2D eigenvalue weighted by atomic mass is 32.2. The summed E-state index contributed by atoms with van der Waals surface area (Å²) < 4.78 is 86.1. The minimum absolute atomic E-state index is 0.118. The Morgan fingerprint density at radius 1 is 1.28 bits per heavy atom. The van der Waals surface area contributed by atoms with Crippen molar-refractivity contribution in [1.29, 1.82) is 0 Å². The van der Waals surface area contributed by atoms with Crippen LogP contribution in [0.15, 0.2) is 42.4 Å². The van der Waals surface area contributed by atoms with Gasteiger partial charge in [0.2, 0.25) is 10.0 Å². The smallest absolute Gasteiger partial charge is 0.403 e. The topological polar surface area (TPSA) is 87.8 Å². The van der Waals surface area contributed by atoms with Crippen molar-refractivity contribution in [2.45, 2.75) is 25.6 Å². The first kappa shape index (κ1) is 24.2. The summed E-state index contributed by atoms with van der Waals surface area (Å²) in [7, 11) is -3.63. The molecule has 2 aromatic rings. The van der Waals surface area contributed by atoms with Crippen LogP contribution in [0.25, 0.3) is 0 Å². The van der Waals surface area contributed by atoms with Crippen molar-refractivity contribution in [3.8, 4) is 5.75 Å². The third-order valence-corrected chi connectivity index (χ3v) is 6.34. The molecule has 176 valence electrons. The lowest BCUT2D eigenvalue weighted by atomic mass is 10.1. The molecular weight excluding hydrogens is 456 g/mol. The predicted octanol–water partition coefficient (Wildman–Crippen LogP) is 2.62. The first-order valence-corrected chi connectivity index (χ1v) is 11.0. The van der Waals surface area contributed by atoms with Crippen molar-refractivity contribution in [3.05, 3.63) is 59.5 Å². The summed E-state index contributed by atoms with van der Waals surface area (Å²) in [4.78, 5) is 1.89. The van der Waals surface area contributed by atoms with E-state index in [4.69, 9.17) is 4.74 Å². The van der Waals surface area contributed by atoms with Gasteiger partial charge in [0.1, 0.15) is 0 Å². The molecule has 32 heavy (non-hydrogen) atoms. The van der Waals surface area contributed by atoms with E-state index >= 15 is 0 Å². The molecule has 0 bridgehead atoms. The molecule has 0 aliphatic carbocycles. The summed E-state index contributed by atoms with van der Waals surface area (Å²) in [6.07, 6.45) is -3.35. The average Bonchev–Trinajstić information content (AvgIpc) is 3.23. The SMILES string of the molecule is C=CS(=O)(=O)N1CCN(Cc2ccc(OC(F)(F)F)c(F)c2)[C@@H](COCc2cc[nH]n2)C1. The van der Waals surface area contributed by atoms with Gasteiger partial charge in [0.05, 0.1) is 18.9 Å². The average molecular weight is 478 g/mol. The number of nitrogens with one attached hydrogen (secondary N) is 1. The number of aromatic nitrogens is 2. The van der Waals surface area contributed by atoms with Crippen LogP contribution in [-0.4, -0.2) is 66.5 Å². The Bertz CT molecular complexity index is 1010. The van der Waals surface area contributed by atoms with Gasteiger partial charge in [-0.05, 0) is 23.8 Å². The van der Waals surface area contributed by atoms with E-state index in [0.29, 0.717) is 17.8 Å². The van der Waals surface area contributed by atoms with Crippen LogP contribution in [0, 0.1) is 5.82 Å². The van der Waals surface area contributed by atoms with E-state index in [1.807, 2.05) is 4.90 Å². The Hall–Kier alpha value is -2.48. The Morgan fingerprint density at radius 2 is 2.06 bits per heavy atom. The van der Waals surface area contributed by atoms with Gasteiger partial charge in [0.25, 0.3) is 0 Å². The van der Waals surface area contributed by atoms with Crippen molar-refractivity contribution >= 4 is 10.0 Å². The molecule has 0 radical (unpaired) electrons. The van der Waals surface area contributed by atoms with Gasteiger partial charge in [0, 0.05) is 43.8 Å². The van der Waals surface area contributed by atoms with E-state index in [-0.39, 0.29) is 38.9 Å². The van der Waals surface area contributed by atoms with Crippen LogP contribution in [0.4, 0.5) is 17.6 Å². The van der Waals surface area contributed by atoms with Crippen LogP contribution < -0.4 is 4.74 Å². The number of nitrogens with zero attached hydrogens (tertiary/aromatic N) is 3. The standard InChI is InChI=1S/C19H22F4N4O4S/c1-2-32(28,29)27-8-7-26(16(11-27)13-30-12-15-5-6-24-25-15)10-14-3-4-18(17(20)9-14)31-19(21,22)23/h2-6,9,16H,1,7-8,10-13H2,(H,24,25)/t16-/m1/s1. The number of hydrogen-bond acceptors (Lipinski definition) is 6. The molecule has 8 nitrogen and oxygen atoms in total. The number of aromatic amines is 1. The monoisotopic (exact) mass is 478 g/mol. The fraction of sp³-hybridized carbons (Fsp3) is 0.421. The summed E-state index contributed by atoms with van der Waals surface area (Å²) >= 11 is 0. The third-order valence-electron chi connectivity index (χ3n) is 4.86. The molecule has 13 heteroatoms. The zero-order valence-electron chi connectivity index (χ0n) is 16.9. The lowest BCUT2D eigenvalue weighted by Crippen LogP contribution is -2.55. The summed E-state index contributed by atoms with van der Waals surface area (Å²) in [6.45, 7) is 4.50. The van der Waals surface area contributed by atoms with Gasteiger partial charge >= 0.3 is 6.36 Å². The van der Waals surface area contributed by atoms with E-state index in [2.05, 4.69) is 21.5 Å². The second-order valence-electron chi connectivity index (χ2n) is 7.09. The Morgan fingerprint density at radius 3 is 2.69 bits per heavy atom. The lowest BCUT2D eigenvalue weighted by Gasteiger charge is -2.40. The van der Waals surface area contributed by atoms with Gasteiger partial charge < -0.3 is 9.47 Å². The minimum Gasteiger partial charge on any atom is -0.403 e. The summed E-state index contributed by atoms with van der Waals surface area (Å²) in [5, 5.41) is 7.52. The summed E-state index contributed by atoms with van der Waals surface area (Å²) in [6, 6.07) is 4.57. The molecule has 3 rings (SSSR count). The highest BCUT2D eigenvalue weighted by Crippen LogP contribution is 2.27. The predicted molar refractivity (Wildman–Crippen MR) is 106 cm³/mol. The molecule has 0 spiro atoms. The van der Waals surface area contributed by atoms with Crippen molar-refractivity contribution in [1.82, 2.24) is 19.4 Å². The molecule has 1 saturated heterocycles. The Balaban J connectivity index is 1.70. The molecule has 1 N–H and O–H groups in total. The summed E-state index contributed by atoms with van der Waals surface area (Å²) in [5.74, 6) is -2.05. The molecule has 1 aliphatic rings. The molecule has 0 amide bonds. The highest BCUT2D eigenvalue weighted by molar-refractivity contribution is 7.92. The second-order valence-corrected chi connectivity index (χ2v) is 8.97. The van der Waals surface area contributed by atoms with Crippen molar-refractivity contribution in [2.75, 3.05) is 26.2 Å². The number of benzene rings is 1. The van der Waals surface area contributed by atoms with E-state index in [0.717, 1.165) is 17.5 Å². The fourth-order valence-electron chi connectivity index (χ4n) is 3.32. The fourth-order valence-corrected chi connectivity index (χ4v) is 4.25. The maximum absolute atomic E-state index is 14.1. The summed E-state index contributed by atoms with van der Waals surface area (Å²) in [5.41, 5.74) is 1.08. The number of sulfonamides is 1. The zero-order valence-corrected chi connectivity index (χ0v) is 17.7. The third kappa shape index (κ3) is 6.51. The van der Waals surface area contributed by atoms with E-state index < -0.39 is 28.0 Å². The molecule has 0 unspecified atom stereocenters. The largest absolute Gasteiger partial charge is 0.573 e. The van der Waals surface area contributed by atoms with Crippen LogP contribution >= 0.6 is 0 Å². The normalized spacial score (nSPS) is 18.6. The van der Waals surface area contributed by atoms with Crippen LogP contribution in [0.5, 0.6) is 5.75 Å². The number of halogens is 4. The first-order chi connectivity index (χ1) is 15.1. The van der Waals surface area contributed by atoms with Crippen LogP contribution in [0.2, 0.25) is 0 Å². The molecule has 2 heterocycles. The van der Waals surface area contributed by atoms with Crippen molar-refractivity contribution in [3.63, 3.8) is 0 Å². The van der Waals surface area contributed by atoms with Crippen LogP contribution in [0.3, 0.4) is 0 Å². The number of piperazine rings is 1. The van der Waals surface area contributed by atoms with Gasteiger partial charge in [-0.15, -0.1) is 13.2 Å². The maximum Gasteiger partial charge on any atom is 0.573 e. The molecule has 1 aliphatic heterocycles. The van der Waals surface area contributed by atoms with E-state index in [9.17, 15) is 26.0 Å². The van der Waals surface area contributed by atoms with Gasteiger partial charge in [-0.1, -0.05) is 12.6 Å². The van der Waals surface area contributed by atoms with Crippen LogP contribution in [0.1, 0.15) is 11.3 Å². The van der Waals surface area contributed by atoms with E-state index in [1.165, 1.54) is 10.4 Å². The van der Waals surface area contributed by atoms with Crippen molar-refractivity contribution in [2.24, 2.45) is 0 Å². The number of hydrogen-bond donors (Lipinski definition) is 1. The molecule has 1 fully saturated rings. The molecule has 1 atom stereocenters. The Labute approximate surface area is 182 Å². The quantitative estimate of drug-likeness (QED) is 0.558. The maximum atomic E-state index is 14.1. The number of rotatable bonds is 9. The molecule has 1 aromatic carbocycles. The first-order valence-electron chi connectivity index (χ1n) is 9.54.